The first-order chi connectivity index (χ1) is 9.40. The average Bonchev–Trinajstić information content (AvgIpc) is 2.93. The lowest BCUT2D eigenvalue weighted by Gasteiger charge is -2.21. The SMILES string of the molecule is Cc1ncc(Cl)c(C(=O)NCC(C)(O)c2ccco2)n1. The minimum atomic E-state index is -1.31. The number of amides is 1. The van der Waals surface area contributed by atoms with E-state index in [0.29, 0.717) is 11.6 Å². The second-order valence-corrected chi connectivity index (χ2v) is 4.95. The maximum atomic E-state index is 12.0. The first kappa shape index (κ1) is 14.5. The summed E-state index contributed by atoms with van der Waals surface area (Å²) in [6.45, 7) is 3.17. The second kappa shape index (κ2) is 5.60. The summed E-state index contributed by atoms with van der Waals surface area (Å²) in [6, 6.07) is 3.30. The Morgan fingerprint density at radius 1 is 1.60 bits per heavy atom. The van der Waals surface area contributed by atoms with Crippen LogP contribution in [0.2, 0.25) is 5.02 Å². The number of carbonyl (C=O) groups excluding carboxylic acids is 1. The minimum Gasteiger partial charge on any atom is -0.466 e. The summed E-state index contributed by atoms with van der Waals surface area (Å²) in [5.41, 5.74) is -1.23. The molecule has 0 saturated heterocycles. The van der Waals surface area contributed by atoms with Crippen LogP contribution in [0, 0.1) is 6.92 Å². The average molecular weight is 296 g/mol. The number of nitrogens with one attached hydrogen (secondary N) is 1. The molecule has 0 radical (unpaired) electrons. The largest absolute Gasteiger partial charge is 0.466 e. The maximum absolute atomic E-state index is 12.0. The van der Waals surface area contributed by atoms with Gasteiger partial charge in [0.1, 0.15) is 22.9 Å². The van der Waals surface area contributed by atoms with Crippen LogP contribution < -0.4 is 5.32 Å². The van der Waals surface area contributed by atoms with Gasteiger partial charge in [0.2, 0.25) is 0 Å². The highest BCUT2D eigenvalue weighted by Gasteiger charge is 2.27. The smallest absolute Gasteiger partial charge is 0.271 e. The third-order valence-corrected chi connectivity index (χ3v) is 3.00. The molecule has 2 aromatic rings. The Kier molecular flexibility index (Phi) is 4.06. The predicted octanol–water partition coefficient (Wildman–Crippen LogP) is 1.67. The van der Waals surface area contributed by atoms with E-state index in [4.69, 9.17) is 16.0 Å². The fraction of sp³-hybridized carbons (Fsp3) is 0.308. The first-order valence-corrected chi connectivity index (χ1v) is 6.31. The Labute approximate surface area is 120 Å². The predicted molar refractivity (Wildman–Crippen MR) is 72.4 cm³/mol. The molecule has 2 heterocycles. The Morgan fingerprint density at radius 3 is 3.00 bits per heavy atom. The van der Waals surface area contributed by atoms with Crippen LogP contribution >= 0.6 is 11.6 Å². The number of halogens is 1. The van der Waals surface area contributed by atoms with Crippen molar-refractivity contribution in [3.8, 4) is 0 Å². The molecule has 0 spiro atoms. The van der Waals surface area contributed by atoms with Crippen LogP contribution in [-0.4, -0.2) is 27.5 Å². The van der Waals surface area contributed by atoms with Crippen LogP contribution in [0.1, 0.15) is 29.0 Å². The molecule has 20 heavy (non-hydrogen) atoms. The zero-order chi connectivity index (χ0) is 14.8. The Balaban J connectivity index is 2.07. The number of nitrogens with zero attached hydrogens (tertiary/aromatic N) is 2. The number of carbonyl (C=O) groups is 1. The molecule has 0 fully saturated rings. The van der Waals surface area contributed by atoms with Gasteiger partial charge in [0, 0.05) is 0 Å². The highest BCUT2D eigenvalue weighted by atomic mass is 35.5. The standard InChI is InChI=1S/C13H14ClN3O3/c1-8-15-6-9(14)11(17-8)12(18)16-7-13(2,19)10-4-3-5-20-10/h3-6,19H,7H2,1-2H3,(H,16,18). The molecule has 0 aromatic carbocycles. The summed E-state index contributed by atoms with van der Waals surface area (Å²) in [5.74, 6) is 0.326. The van der Waals surface area contributed by atoms with Crippen LogP contribution in [0.25, 0.3) is 0 Å². The van der Waals surface area contributed by atoms with Gasteiger partial charge in [0.15, 0.2) is 0 Å². The van der Waals surface area contributed by atoms with Crippen LogP contribution in [0.3, 0.4) is 0 Å². The van der Waals surface area contributed by atoms with E-state index in [1.165, 1.54) is 12.5 Å². The Bertz CT molecular complexity index is 611. The van der Waals surface area contributed by atoms with Gasteiger partial charge in [-0.15, -0.1) is 0 Å². The highest BCUT2D eigenvalue weighted by molar-refractivity contribution is 6.33. The molecule has 0 aliphatic carbocycles. The van der Waals surface area contributed by atoms with Crippen molar-refractivity contribution in [2.24, 2.45) is 0 Å². The van der Waals surface area contributed by atoms with Gasteiger partial charge in [0.05, 0.1) is 24.0 Å². The molecule has 7 heteroatoms. The molecule has 0 aliphatic heterocycles. The summed E-state index contributed by atoms with van der Waals surface area (Å²) in [7, 11) is 0. The molecule has 2 aromatic heterocycles. The van der Waals surface area contributed by atoms with Gasteiger partial charge in [-0.05, 0) is 26.0 Å². The third kappa shape index (κ3) is 3.15. The minimum absolute atomic E-state index is 0.0290. The van der Waals surface area contributed by atoms with E-state index >= 15 is 0 Å². The highest BCUT2D eigenvalue weighted by Crippen LogP contribution is 2.20. The van der Waals surface area contributed by atoms with Gasteiger partial charge in [-0.2, -0.15) is 0 Å². The number of aliphatic hydroxyl groups is 1. The van der Waals surface area contributed by atoms with Crippen molar-refractivity contribution >= 4 is 17.5 Å². The molecule has 0 bridgehead atoms. The summed E-state index contributed by atoms with van der Waals surface area (Å²) < 4.78 is 5.13. The molecular weight excluding hydrogens is 282 g/mol. The normalized spacial score (nSPS) is 13.8. The lowest BCUT2D eigenvalue weighted by molar-refractivity contribution is 0.0329. The van der Waals surface area contributed by atoms with E-state index in [2.05, 4.69) is 15.3 Å². The fourth-order valence-corrected chi connectivity index (χ4v) is 1.80. The van der Waals surface area contributed by atoms with Crippen molar-refractivity contribution in [2.45, 2.75) is 19.4 Å². The first-order valence-electron chi connectivity index (χ1n) is 5.94. The lowest BCUT2D eigenvalue weighted by Crippen LogP contribution is -2.38. The zero-order valence-corrected chi connectivity index (χ0v) is 11.8. The second-order valence-electron chi connectivity index (χ2n) is 4.55. The molecule has 0 saturated carbocycles. The maximum Gasteiger partial charge on any atom is 0.271 e. The summed E-state index contributed by atoms with van der Waals surface area (Å²) in [6.07, 6.45) is 2.82. The fourth-order valence-electron chi connectivity index (χ4n) is 1.62. The van der Waals surface area contributed by atoms with Crippen molar-refractivity contribution < 1.29 is 14.3 Å². The molecule has 106 valence electrons. The van der Waals surface area contributed by atoms with E-state index in [0.717, 1.165) is 0 Å². The molecule has 1 unspecified atom stereocenters. The van der Waals surface area contributed by atoms with Gasteiger partial charge in [-0.25, -0.2) is 9.97 Å². The Morgan fingerprint density at radius 2 is 2.35 bits per heavy atom. The number of rotatable bonds is 4. The van der Waals surface area contributed by atoms with E-state index in [1.807, 2.05) is 0 Å². The number of furan rings is 1. The Hall–Kier alpha value is -1.92. The molecular formula is C13H14ClN3O3. The summed E-state index contributed by atoms with van der Waals surface area (Å²) in [5, 5.41) is 13.0. The number of aryl methyl sites for hydroxylation is 1. The van der Waals surface area contributed by atoms with Crippen LogP contribution in [0.4, 0.5) is 0 Å². The third-order valence-electron chi connectivity index (χ3n) is 2.72. The van der Waals surface area contributed by atoms with Crippen LogP contribution in [-0.2, 0) is 5.60 Å². The van der Waals surface area contributed by atoms with Gasteiger partial charge >= 0.3 is 0 Å². The number of hydrogen-bond acceptors (Lipinski definition) is 5. The molecule has 2 N–H and O–H groups in total. The van der Waals surface area contributed by atoms with E-state index < -0.39 is 11.5 Å². The molecule has 1 amide bonds. The van der Waals surface area contributed by atoms with Crippen LogP contribution in [0.15, 0.2) is 29.0 Å². The lowest BCUT2D eigenvalue weighted by atomic mass is 10.0. The van der Waals surface area contributed by atoms with Crippen molar-refractivity contribution in [3.05, 3.63) is 46.9 Å². The van der Waals surface area contributed by atoms with Gasteiger partial charge in [0.25, 0.3) is 5.91 Å². The van der Waals surface area contributed by atoms with Gasteiger partial charge < -0.3 is 14.8 Å². The zero-order valence-electron chi connectivity index (χ0n) is 11.1. The van der Waals surface area contributed by atoms with Crippen molar-refractivity contribution in [1.29, 1.82) is 0 Å². The number of aromatic nitrogens is 2. The molecule has 0 aliphatic rings. The number of hydrogen-bond donors (Lipinski definition) is 2. The molecule has 2 rings (SSSR count). The summed E-state index contributed by atoms with van der Waals surface area (Å²) >= 11 is 5.87. The van der Waals surface area contributed by atoms with Gasteiger partial charge in [-0.3, -0.25) is 4.79 Å². The van der Waals surface area contributed by atoms with Crippen LogP contribution in [0.5, 0.6) is 0 Å². The van der Waals surface area contributed by atoms with Crippen molar-refractivity contribution in [2.75, 3.05) is 6.54 Å². The van der Waals surface area contributed by atoms with E-state index in [1.54, 1.807) is 26.0 Å². The molecule has 1 atom stereocenters. The van der Waals surface area contributed by atoms with E-state index in [9.17, 15) is 9.90 Å². The quantitative estimate of drug-likeness (QED) is 0.896. The summed E-state index contributed by atoms with van der Waals surface area (Å²) in [4.78, 5) is 19.9. The van der Waals surface area contributed by atoms with Crippen molar-refractivity contribution in [1.82, 2.24) is 15.3 Å². The molecule has 6 nitrogen and oxygen atoms in total. The van der Waals surface area contributed by atoms with Gasteiger partial charge in [-0.1, -0.05) is 11.6 Å². The van der Waals surface area contributed by atoms with E-state index in [-0.39, 0.29) is 17.3 Å². The topological polar surface area (TPSA) is 88.2 Å². The monoisotopic (exact) mass is 295 g/mol. The van der Waals surface area contributed by atoms with Crippen molar-refractivity contribution in [3.63, 3.8) is 0 Å².